The van der Waals surface area contributed by atoms with Crippen molar-refractivity contribution in [3.63, 3.8) is 0 Å². The van der Waals surface area contributed by atoms with Crippen LogP contribution in [0.4, 0.5) is 0 Å². The number of nitrogens with one attached hydrogen (secondary N) is 2. The molecule has 4 atom stereocenters. The van der Waals surface area contributed by atoms with Gasteiger partial charge < -0.3 is 16.4 Å². The number of amides is 2. The molecule has 3 aliphatic heterocycles. The maximum absolute atomic E-state index is 12.4. The number of nitrogens with zero attached hydrogens (tertiary/aromatic N) is 4. The molecule has 1 aromatic rings. The van der Waals surface area contributed by atoms with E-state index in [0.29, 0.717) is 31.6 Å². The van der Waals surface area contributed by atoms with E-state index < -0.39 is 0 Å². The summed E-state index contributed by atoms with van der Waals surface area (Å²) in [5.41, 5.74) is 6.38. The lowest BCUT2D eigenvalue weighted by molar-refractivity contribution is -0.133. The van der Waals surface area contributed by atoms with Crippen LogP contribution in [-0.4, -0.2) is 63.9 Å². The maximum Gasteiger partial charge on any atom is 0.224 e. The monoisotopic (exact) mass is 349 g/mol. The summed E-state index contributed by atoms with van der Waals surface area (Å²) in [6, 6.07) is 0.398. The van der Waals surface area contributed by atoms with Crippen molar-refractivity contribution in [2.24, 2.45) is 17.6 Å². The first-order valence-electron chi connectivity index (χ1n) is 8.92. The van der Waals surface area contributed by atoms with Gasteiger partial charge >= 0.3 is 0 Å². The highest BCUT2D eigenvalue weighted by Crippen LogP contribution is 2.36. The van der Waals surface area contributed by atoms with Gasteiger partial charge in [-0.25, -0.2) is 0 Å². The van der Waals surface area contributed by atoms with Crippen molar-refractivity contribution in [2.45, 2.75) is 38.9 Å². The number of fused-ring (bicyclic) bond motifs is 3. The zero-order valence-corrected chi connectivity index (χ0v) is 14.6. The van der Waals surface area contributed by atoms with Crippen LogP contribution in [0.3, 0.4) is 0 Å². The normalized spacial score (nSPS) is 27.9. The number of carbonyl (C=O) groups is 2. The first-order chi connectivity index (χ1) is 12.1. The van der Waals surface area contributed by atoms with E-state index in [9.17, 15) is 9.59 Å². The standard InChI is InChI=1S/C16H27N7O2/c1-11(24)18-3-4-19-16(25)15-10-22-5-2-12(15)6-14(22)9-23-8-13(7-17)20-21-23/h8,12,14-15H,2-7,9-10,17H2,1H3,(H,18,24)(H,19,25)/t12-,14-,15+/m1/s1. The van der Waals surface area contributed by atoms with Crippen molar-refractivity contribution >= 4 is 11.8 Å². The van der Waals surface area contributed by atoms with Crippen LogP contribution in [0.25, 0.3) is 0 Å². The van der Waals surface area contributed by atoms with E-state index in [1.165, 1.54) is 6.92 Å². The Bertz CT molecular complexity index is 617. The fourth-order valence-electron chi connectivity index (χ4n) is 3.92. The summed E-state index contributed by atoms with van der Waals surface area (Å²) in [5, 5.41) is 13.8. The molecule has 4 heterocycles. The third-order valence-electron chi connectivity index (χ3n) is 5.21. The zero-order valence-electron chi connectivity index (χ0n) is 14.6. The van der Waals surface area contributed by atoms with Gasteiger partial charge in [-0.1, -0.05) is 5.21 Å². The Morgan fingerprint density at radius 3 is 2.80 bits per heavy atom. The quantitative estimate of drug-likeness (QED) is 0.527. The summed E-state index contributed by atoms with van der Waals surface area (Å²) >= 11 is 0. The third kappa shape index (κ3) is 4.35. The number of piperidine rings is 3. The van der Waals surface area contributed by atoms with Crippen molar-refractivity contribution in [3.8, 4) is 0 Å². The molecule has 0 aromatic carbocycles. The maximum atomic E-state index is 12.4. The molecule has 4 N–H and O–H groups in total. The van der Waals surface area contributed by atoms with Gasteiger partial charge in [0.2, 0.25) is 11.8 Å². The van der Waals surface area contributed by atoms with Gasteiger partial charge in [-0.15, -0.1) is 5.10 Å². The lowest BCUT2D eigenvalue weighted by Crippen LogP contribution is -2.58. The number of nitrogens with two attached hydrogens (primary N) is 1. The molecular formula is C16H27N7O2. The second-order valence-corrected chi connectivity index (χ2v) is 6.95. The van der Waals surface area contributed by atoms with Crippen LogP contribution < -0.4 is 16.4 Å². The third-order valence-corrected chi connectivity index (χ3v) is 5.21. The van der Waals surface area contributed by atoms with E-state index in [1.807, 2.05) is 10.9 Å². The Labute approximate surface area is 147 Å². The first kappa shape index (κ1) is 17.8. The van der Waals surface area contributed by atoms with E-state index in [0.717, 1.165) is 38.2 Å². The summed E-state index contributed by atoms with van der Waals surface area (Å²) in [6.07, 6.45) is 3.96. The van der Waals surface area contributed by atoms with Crippen molar-refractivity contribution < 1.29 is 9.59 Å². The van der Waals surface area contributed by atoms with Crippen LogP contribution in [0.1, 0.15) is 25.5 Å². The topological polar surface area (TPSA) is 118 Å². The lowest BCUT2D eigenvalue weighted by Gasteiger charge is -2.49. The second-order valence-electron chi connectivity index (χ2n) is 6.95. The van der Waals surface area contributed by atoms with E-state index >= 15 is 0 Å². The minimum atomic E-state index is -0.0779. The smallest absolute Gasteiger partial charge is 0.224 e. The molecule has 138 valence electrons. The zero-order chi connectivity index (χ0) is 17.8. The van der Waals surface area contributed by atoms with Gasteiger partial charge in [0.15, 0.2) is 0 Å². The molecule has 3 saturated heterocycles. The molecule has 2 bridgehead atoms. The van der Waals surface area contributed by atoms with Crippen LogP contribution in [-0.2, 0) is 22.7 Å². The van der Waals surface area contributed by atoms with Gasteiger partial charge in [0.1, 0.15) is 0 Å². The summed E-state index contributed by atoms with van der Waals surface area (Å²) < 4.78 is 1.86. The van der Waals surface area contributed by atoms with Crippen LogP contribution in [0, 0.1) is 11.8 Å². The van der Waals surface area contributed by atoms with Gasteiger partial charge in [-0.05, 0) is 25.3 Å². The Kier molecular flexibility index (Phi) is 5.64. The molecule has 2 amide bonds. The molecule has 9 heteroatoms. The Hall–Kier alpha value is -2.00. The molecule has 3 aliphatic rings. The molecule has 1 unspecified atom stereocenters. The molecular weight excluding hydrogens is 322 g/mol. The van der Waals surface area contributed by atoms with Crippen LogP contribution in [0.15, 0.2) is 6.20 Å². The molecule has 4 rings (SSSR count). The minimum absolute atomic E-state index is 0.0395. The Morgan fingerprint density at radius 1 is 1.36 bits per heavy atom. The van der Waals surface area contributed by atoms with Gasteiger partial charge in [0.05, 0.1) is 18.2 Å². The molecule has 25 heavy (non-hydrogen) atoms. The highest BCUT2D eigenvalue weighted by molar-refractivity contribution is 5.79. The molecule has 0 saturated carbocycles. The van der Waals surface area contributed by atoms with Crippen LogP contribution in [0.5, 0.6) is 0 Å². The number of carbonyl (C=O) groups excluding carboxylic acids is 2. The first-order valence-corrected chi connectivity index (χ1v) is 8.92. The van der Waals surface area contributed by atoms with Crippen LogP contribution >= 0.6 is 0 Å². The van der Waals surface area contributed by atoms with E-state index in [1.54, 1.807) is 0 Å². The highest BCUT2D eigenvalue weighted by atomic mass is 16.2. The van der Waals surface area contributed by atoms with Gasteiger partial charge in [0, 0.05) is 45.3 Å². The van der Waals surface area contributed by atoms with Crippen molar-refractivity contribution in [3.05, 3.63) is 11.9 Å². The second kappa shape index (κ2) is 7.92. The summed E-state index contributed by atoms with van der Waals surface area (Å²) in [5.74, 6) is 0.474. The fourth-order valence-corrected chi connectivity index (χ4v) is 3.92. The highest BCUT2D eigenvalue weighted by Gasteiger charge is 2.43. The molecule has 0 spiro atoms. The fraction of sp³-hybridized carbons (Fsp3) is 0.750. The Morgan fingerprint density at radius 2 is 2.16 bits per heavy atom. The van der Waals surface area contributed by atoms with Crippen LogP contribution in [0.2, 0.25) is 0 Å². The van der Waals surface area contributed by atoms with Gasteiger partial charge in [0.25, 0.3) is 0 Å². The SMILES string of the molecule is CC(=O)NCCNC(=O)[C@H]1CN2CC[C@@H]1C[C@@H]2Cn1cc(CN)nn1. The number of hydrogen-bond acceptors (Lipinski definition) is 6. The van der Waals surface area contributed by atoms with Gasteiger partial charge in [-0.3, -0.25) is 19.2 Å². The van der Waals surface area contributed by atoms with E-state index in [4.69, 9.17) is 5.73 Å². The summed E-state index contributed by atoms with van der Waals surface area (Å²) in [6.45, 7) is 5.44. The molecule has 1 aromatic heterocycles. The molecule has 9 nitrogen and oxygen atoms in total. The predicted molar refractivity (Wildman–Crippen MR) is 91.2 cm³/mol. The number of aromatic nitrogens is 3. The summed E-state index contributed by atoms with van der Waals surface area (Å²) in [7, 11) is 0. The summed E-state index contributed by atoms with van der Waals surface area (Å²) in [4.78, 5) is 25.7. The molecule has 0 aliphatic carbocycles. The molecule has 3 fully saturated rings. The van der Waals surface area contributed by atoms with E-state index in [2.05, 4.69) is 25.8 Å². The average Bonchev–Trinajstić information content (AvgIpc) is 3.06. The lowest BCUT2D eigenvalue weighted by atomic mass is 9.75. The minimum Gasteiger partial charge on any atom is -0.355 e. The van der Waals surface area contributed by atoms with Crippen molar-refractivity contribution in [1.82, 2.24) is 30.5 Å². The van der Waals surface area contributed by atoms with Gasteiger partial charge in [-0.2, -0.15) is 0 Å². The number of rotatable bonds is 7. The van der Waals surface area contributed by atoms with Crippen molar-refractivity contribution in [1.29, 1.82) is 0 Å². The predicted octanol–water partition coefficient (Wildman–Crippen LogP) is -1.30. The average molecular weight is 349 g/mol. The molecule has 0 radical (unpaired) electrons. The van der Waals surface area contributed by atoms with E-state index in [-0.39, 0.29) is 17.7 Å². The Balaban J connectivity index is 1.49. The largest absolute Gasteiger partial charge is 0.355 e. The van der Waals surface area contributed by atoms with Crippen molar-refractivity contribution in [2.75, 3.05) is 26.2 Å². The number of hydrogen-bond donors (Lipinski definition) is 3.